The number of nitrogens with one attached hydrogen (secondary N) is 5. The zero-order chi connectivity index (χ0) is 24.8. The molecule has 12 heteroatoms. The van der Waals surface area contributed by atoms with Gasteiger partial charge in [0.05, 0.1) is 36.1 Å². The summed E-state index contributed by atoms with van der Waals surface area (Å²) in [6.07, 6.45) is 6.36. The van der Waals surface area contributed by atoms with Gasteiger partial charge < -0.3 is 20.6 Å². The number of H-pyrrole nitrogens is 3. The molecule has 0 spiro atoms. The topological polar surface area (TPSA) is 166 Å². The third-order valence-electron chi connectivity index (χ3n) is 5.96. The zero-order valence-electron chi connectivity index (χ0n) is 19.0. The lowest BCUT2D eigenvalue weighted by Gasteiger charge is -2.09. The summed E-state index contributed by atoms with van der Waals surface area (Å²) in [7, 11) is 0. The van der Waals surface area contributed by atoms with Crippen molar-refractivity contribution in [2.75, 3.05) is 10.6 Å². The molecule has 0 atom stereocenters. The van der Waals surface area contributed by atoms with Crippen LogP contribution in [0.3, 0.4) is 0 Å². The minimum atomic E-state index is -0.277. The number of carbonyl (C=O) groups excluding carboxylic acids is 1. The maximum Gasteiger partial charge on any atom is 0.272 e. The van der Waals surface area contributed by atoms with Gasteiger partial charge in [0.1, 0.15) is 11.2 Å². The summed E-state index contributed by atoms with van der Waals surface area (Å²) in [5.74, 6) is 0.816. The first kappa shape index (κ1) is 20.7. The van der Waals surface area contributed by atoms with Gasteiger partial charge in [0.25, 0.3) is 5.91 Å². The number of benzene rings is 2. The van der Waals surface area contributed by atoms with Crippen molar-refractivity contribution in [3.05, 3.63) is 79.1 Å². The third-order valence-corrected chi connectivity index (χ3v) is 5.96. The average molecular weight is 487 g/mol. The molecule has 7 rings (SSSR count). The molecule has 2 aromatic carbocycles. The fraction of sp³-hybridized carbons (Fsp3) is 0. The van der Waals surface area contributed by atoms with Gasteiger partial charge in [0.15, 0.2) is 17.3 Å². The van der Waals surface area contributed by atoms with Gasteiger partial charge in [0, 0.05) is 27.5 Å². The molecule has 5 aromatic heterocycles. The second-order valence-corrected chi connectivity index (χ2v) is 8.36. The third kappa shape index (κ3) is 3.78. The molecule has 0 aliphatic rings. The molecule has 12 nitrogen and oxygen atoms in total. The molecule has 0 saturated carbocycles. The Morgan fingerprint density at radius 3 is 2.76 bits per heavy atom. The van der Waals surface area contributed by atoms with Gasteiger partial charge >= 0.3 is 0 Å². The normalized spacial score (nSPS) is 11.4. The largest absolute Gasteiger partial charge is 0.350 e. The highest BCUT2D eigenvalue weighted by Crippen LogP contribution is 2.28. The van der Waals surface area contributed by atoms with Gasteiger partial charge in [-0.15, -0.1) is 0 Å². The van der Waals surface area contributed by atoms with Crippen molar-refractivity contribution in [3.8, 4) is 11.4 Å². The van der Waals surface area contributed by atoms with Crippen molar-refractivity contribution in [2.24, 2.45) is 0 Å². The van der Waals surface area contributed by atoms with Crippen LogP contribution in [-0.2, 0) is 0 Å². The van der Waals surface area contributed by atoms with Crippen LogP contribution in [0.5, 0.6) is 0 Å². The second-order valence-electron chi connectivity index (χ2n) is 8.36. The first-order valence-corrected chi connectivity index (χ1v) is 11.3. The van der Waals surface area contributed by atoms with E-state index in [1.807, 2.05) is 36.4 Å². The Balaban J connectivity index is 1.23. The quantitative estimate of drug-likeness (QED) is 0.241. The van der Waals surface area contributed by atoms with Crippen molar-refractivity contribution in [2.45, 2.75) is 0 Å². The summed E-state index contributed by atoms with van der Waals surface area (Å²) in [5.41, 5.74) is 5.58. The van der Waals surface area contributed by atoms with Crippen LogP contribution in [0.2, 0.25) is 0 Å². The average Bonchev–Trinajstić information content (AvgIpc) is 3.67. The van der Waals surface area contributed by atoms with Gasteiger partial charge in [-0.3, -0.25) is 9.89 Å². The molecule has 1 amide bonds. The Hall–Kier alpha value is -5.65. The fourth-order valence-electron chi connectivity index (χ4n) is 4.16. The Bertz CT molecular complexity index is 1920. The Morgan fingerprint density at radius 2 is 1.84 bits per heavy atom. The van der Waals surface area contributed by atoms with Gasteiger partial charge in [-0.2, -0.15) is 15.3 Å². The van der Waals surface area contributed by atoms with Crippen LogP contribution >= 0.6 is 0 Å². The highest BCUT2D eigenvalue weighted by molar-refractivity contribution is 6.06. The number of rotatable bonds is 5. The molecule has 0 aliphatic carbocycles. The van der Waals surface area contributed by atoms with Crippen molar-refractivity contribution in [3.63, 3.8) is 0 Å². The van der Waals surface area contributed by atoms with E-state index in [4.69, 9.17) is 4.98 Å². The second kappa shape index (κ2) is 8.23. The van der Waals surface area contributed by atoms with E-state index >= 15 is 0 Å². The lowest BCUT2D eigenvalue weighted by Crippen LogP contribution is -2.12. The van der Waals surface area contributed by atoms with E-state index in [1.165, 1.54) is 12.4 Å². The summed E-state index contributed by atoms with van der Waals surface area (Å²) in [5, 5.41) is 22.6. The molecule has 0 bridgehead atoms. The van der Waals surface area contributed by atoms with Crippen LogP contribution in [0.25, 0.3) is 44.4 Å². The van der Waals surface area contributed by atoms with Crippen molar-refractivity contribution >= 4 is 56.1 Å². The van der Waals surface area contributed by atoms with Crippen LogP contribution in [0, 0.1) is 0 Å². The Morgan fingerprint density at radius 1 is 0.865 bits per heavy atom. The number of nitrogens with zero attached hydrogens (tertiary/aromatic N) is 6. The number of aromatic nitrogens is 9. The van der Waals surface area contributed by atoms with Gasteiger partial charge in [-0.1, -0.05) is 12.1 Å². The fourth-order valence-corrected chi connectivity index (χ4v) is 4.16. The molecule has 37 heavy (non-hydrogen) atoms. The lowest BCUT2D eigenvalue weighted by atomic mass is 10.1. The maximum atomic E-state index is 12.7. The highest BCUT2D eigenvalue weighted by Gasteiger charge is 2.15. The summed E-state index contributed by atoms with van der Waals surface area (Å²) in [6, 6.07) is 15.1. The van der Waals surface area contributed by atoms with Gasteiger partial charge in [-0.05, 0) is 36.4 Å². The molecule has 0 fully saturated rings. The smallest absolute Gasteiger partial charge is 0.272 e. The molecule has 0 radical (unpaired) electrons. The van der Waals surface area contributed by atoms with E-state index in [2.05, 4.69) is 51.0 Å². The number of imidazole rings is 1. The predicted octanol–water partition coefficient (Wildman–Crippen LogP) is 4.16. The van der Waals surface area contributed by atoms with Crippen LogP contribution in [0.1, 0.15) is 10.5 Å². The number of aromatic amines is 3. The summed E-state index contributed by atoms with van der Waals surface area (Å²) >= 11 is 0. The molecule has 0 saturated heterocycles. The van der Waals surface area contributed by atoms with Crippen LogP contribution in [0.15, 0.2) is 73.4 Å². The SMILES string of the molecule is O=C(Nc1ccnnc1)c1cc2ccc(-c3nc(Nc4ccc5[nH]ncc5c4)c4[nH]cnc4n3)cc2[nH]1. The Kier molecular flexibility index (Phi) is 4.61. The standard InChI is InChI=1S/C25H17N11O/c37-25(32-17-5-6-28-29-11-17)20-8-13-1-2-14(9-19(13)33-20)22-34-23-21(26-12-27-23)24(35-22)31-16-3-4-18-15(7-16)10-30-36-18/h1-12,33H,(H,30,36)(H,28,32,37)(H2,26,27,31,34,35). The first-order valence-electron chi connectivity index (χ1n) is 11.3. The number of amides is 1. The number of carbonyl (C=O) groups is 1. The number of hydrogen-bond donors (Lipinski definition) is 5. The first-order chi connectivity index (χ1) is 18.2. The van der Waals surface area contributed by atoms with Gasteiger partial charge in [-0.25, -0.2) is 15.0 Å². The molecular formula is C25H17N11O. The summed E-state index contributed by atoms with van der Waals surface area (Å²) < 4.78 is 0. The van der Waals surface area contributed by atoms with Crippen molar-refractivity contribution in [1.29, 1.82) is 0 Å². The van der Waals surface area contributed by atoms with Crippen molar-refractivity contribution < 1.29 is 4.79 Å². The molecular weight excluding hydrogens is 470 g/mol. The Labute approximate surface area is 207 Å². The molecule has 7 aromatic rings. The van der Waals surface area contributed by atoms with E-state index in [0.717, 1.165) is 33.1 Å². The minimum Gasteiger partial charge on any atom is -0.350 e. The van der Waals surface area contributed by atoms with E-state index < -0.39 is 0 Å². The van der Waals surface area contributed by atoms with Crippen molar-refractivity contribution in [1.82, 2.24) is 45.3 Å². The van der Waals surface area contributed by atoms with Gasteiger partial charge in [0.2, 0.25) is 0 Å². The molecule has 0 aliphatic heterocycles. The highest BCUT2D eigenvalue weighted by atomic mass is 16.1. The van der Waals surface area contributed by atoms with E-state index in [1.54, 1.807) is 24.7 Å². The number of anilines is 3. The van der Waals surface area contributed by atoms with E-state index in [-0.39, 0.29) is 5.91 Å². The summed E-state index contributed by atoms with van der Waals surface area (Å²) in [6.45, 7) is 0. The van der Waals surface area contributed by atoms with Crippen LogP contribution in [0.4, 0.5) is 17.2 Å². The molecule has 5 heterocycles. The van der Waals surface area contributed by atoms with Crippen LogP contribution in [-0.4, -0.2) is 51.2 Å². The predicted molar refractivity (Wildman–Crippen MR) is 138 cm³/mol. The number of fused-ring (bicyclic) bond motifs is 3. The number of hydrogen-bond acceptors (Lipinski definition) is 8. The minimum absolute atomic E-state index is 0.277. The molecule has 5 N–H and O–H groups in total. The van der Waals surface area contributed by atoms with Crippen LogP contribution < -0.4 is 10.6 Å². The van der Waals surface area contributed by atoms with E-state index in [0.29, 0.717) is 34.2 Å². The zero-order valence-corrected chi connectivity index (χ0v) is 19.0. The molecule has 0 unspecified atom stereocenters. The molecule has 178 valence electrons. The van der Waals surface area contributed by atoms with E-state index in [9.17, 15) is 4.79 Å². The monoisotopic (exact) mass is 487 g/mol. The lowest BCUT2D eigenvalue weighted by molar-refractivity contribution is 0.102. The summed E-state index contributed by atoms with van der Waals surface area (Å²) in [4.78, 5) is 32.8. The maximum absolute atomic E-state index is 12.7.